The van der Waals surface area contributed by atoms with Crippen LogP contribution in [0.1, 0.15) is 39.3 Å². The molecule has 5 rings (SSSR count). The van der Waals surface area contributed by atoms with Gasteiger partial charge in [0.1, 0.15) is 29.2 Å². The lowest BCUT2D eigenvalue weighted by Gasteiger charge is -2.41. The predicted octanol–water partition coefficient (Wildman–Crippen LogP) is 1.86. The van der Waals surface area contributed by atoms with E-state index in [0.717, 1.165) is 6.20 Å². The summed E-state index contributed by atoms with van der Waals surface area (Å²) in [5, 5.41) is 12.6. The maximum Gasteiger partial charge on any atom is 0.275 e. The molecule has 0 spiro atoms. The van der Waals surface area contributed by atoms with E-state index in [1.165, 1.54) is 9.47 Å². The number of hydrogen-bond donors (Lipinski definition) is 2. The van der Waals surface area contributed by atoms with Gasteiger partial charge in [0.25, 0.3) is 11.8 Å². The van der Waals surface area contributed by atoms with Crippen LogP contribution in [0.15, 0.2) is 23.1 Å². The second kappa shape index (κ2) is 7.07. The Labute approximate surface area is 178 Å². The molecule has 2 fully saturated rings. The molecular weight excluding hydrogens is 434 g/mol. The summed E-state index contributed by atoms with van der Waals surface area (Å²) in [6, 6.07) is 0.160. The zero-order valence-electron chi connectivity index (χ0n) is 16.4. The summed E-state index contributed by atoms with van der Waals surface area (Å²) in [5.41, 5.74) is -2.55. The third kappa shape index (κ3) is 2.90. The molecule has 2 aromatic rings. The fourth-order valence-electron chi connectivity index (χ4n) is 5.14. The van der Waals surface area contributed by atoms with Crippen molar-refractivity contribution in [3.8, 4) is 5.75 Å². The Morgan fingerprint density at radius 3 is 2.53 bits per heavy atom. The standard InChI is InChI=1S/C21H17F4N3O4/c22-8-1-13(23)11(14(24)2-8)5-26-20(31)12-6-27-7-16-10-3-9(4-15(10)25)28(16)21(32)17(27)19(30)18(12)29/h1-2,6,9-10,15-16,30H,3-5,7H2,(H,26,31)/t9-,10+,15+,16+/m1/s1. The summed E-state index contributed by atoms with van der Waals surface area (Å²) in [4.78, 5) is 39.6. The van der Waals surface area contributed by atoms with Gasteiger partial charge in [-0.2, -0.15) is 0 Å². The molecule has 3 heterocycles. The van der Waals surface area contributed by atoms with Crippen molar-refractivity contribution in [2.24, 2.45) is 5.92 Å². The predicted molar refractivity (Wildman–Crippen MR) is 101 cm³/mol. The molecule has 2 bridgehead atoms. The molecule has 1 aliphatic carbocycles. The Bertz CT molecular complexity index is 1210. The van der Waals surface area contributed by atoms with E-state index < -0.39 is 70.3 Å². The normalized spacial score (nSPS) is 25.6. The van der Waals surface area contributed by atoms with Crippen LogP contribution in [0.25, 0.3) is 0 Å². The van der Waals surface area contributed by atoms with Crippen LogP contribution in [0.5, 0.6) is 5.75 Å². The molecule has 2 N–H and O–H groups in total. The number of piperidine rings is 1. The van der Waals surface area contributed by atoms with Gasteiger partial charge in [0, 0.05) is 48.9 Å². The average molecular weight is 451 g/mol. The number of aromatic hydroxyl groups is 1. The number of nitrogens with one attached hydrogen (secondary N) is 1. The number of pyridine rings is 1. The van der Waals surface area contributed by atoms with Crippen LogP contribution in [0.3, 0.4) is 0 Å². The lowest BCUT2D eigenvalue weighted by Crippen LogP contribution is -2.54. The van der Waals surface area contributed by atoms with Crippen molar-refractivity contribution >= 4 is 11.8 Å². The Kier molecular flexibility index (Phi) is 4.54. The van der Waals surface area contributed by atoms with Gasteiger partial charge in [-0.05, 0) is 12.8 Å². The lowest BCUT2D eigenvalue weighted by molar-refractivity contribution is 0.0350. The van der Waals surface area contributed by atoms with Gasteiger partial charge in [-0.15, -0.1) is 0 Å². The number of carbonyl (C=O) groups is 2. The highest BCUT2D eigenvalue weighted by Gasteiger charge is 2.56. The van der Waals surface area contributed by atoms with E-state index in [0.29, 0.717) is 18.6 Å². The Morgan fingerprint density at radius 1 is 1.16 bits per heavy atom. The van der Waals surface area contributed by atoms with Crippen molar-refractivity contribution in [3.63, 3.8) is 0 Å². The molecule has 7 nitrogen and oxygen atoms in total. The molecule has 3 aliphatic rings. The fraction of sp³-hybridized carbons (Fsp3) is 0.381. The average Bonchev–Trinajstić information content (AvgIpc) is 3.26. The van der Waals surface area contributed by atoms with Gasteiger partial charge < -0.3 is 19.9 Å². The van der Waals surface area contributed by atoms with Crippen LogP contribution in [-0.4, -0.2) is 44.6 Å². The molecular formula is C21H17F4N3O4. The van der Waals surface area contributed by atoms with E-state index in [1.807, 2.05) is 0 Å². The molecule has 0 radical (unpaired) electrons. The largest absolute Gasteiger partial charge is 0.503 e. The molecule has 2 aliphatic heterocycles. The highest BCUT2D eigenvalue weighted by Crippen LogP contribution is 2.47. The molecule has 1 saturated carbocycles. The third-order valence-electron chi connectivity index (χ3n) is 6.60. The van der Waals surface area contributed by atoms with Crippen LogP contribution >= 0.6 is 0 Å². The van der Waals surface area contributed by atoms with Gasteiger partial charge in [0.2, 0.25) is 5.43 Å². The van der Waals surface area contributed by atoms with Crippen LogP contribution in [0.4, 0.5) is 17.6 Å². The van der Waals surface area contributed by atoms with E-state index in [9.17, 15) is 37.1 Å². The zero-order valence-corrected chi connectivity index (χ0v) is 16.4. The molecule has 1 aromatic carbocycles. The van der Waals surface area contributed by atoms with Crippen molar-refractivity contribution in [3.05, 3.63) is 62.8 Å². The van der Waals surface area contributed by atoms with Gasteiger partial charge in [0.15, 0.2) is 11.4 Å². The zero-order chi connectivity index (χ0) is 22.9. The molecule has 0 unspecified atom stereocenters. The first kappa shape index (κ1) is 20.5. The van der Waals surface area contributed by atoms with Crippen LogP contribution in [0.2, 0.25) is 0 Å². The monoisotopic (exact) mass is 451 g/mol. The number of halogens is 4. The maximum atomic E-state index is 14.2. The number of rotatable bonds is 3. The van der Waals surface area contributed by atoms with Gasteiger partial charge in [0.05, 0.1) is 6.04 Å². The second-order valence-corrected chi connectivity index (χ2v) is 8.34. The molecule has 1 aromatic heterocycles. The summed E-state index contributed by atoms with van der Waals surface area (Å²) in [6.45, 7) is -0.584. The molecule has 32 heavy (non-hydrogen) atoms. The van der Waals surface area contributed by atoms with Crippen molar-refractivity contribution in [1.82, 2.24) is 14.8 Å². The minimum Gasteiger partial charge on any atom is -0.503 e. The van der Waals surface area contributed by atoms with Crippen molar-refractivity contribution in [2.45, 2.75) is 44.2 Å². The third-order valence-corrected chi connectivity index (χ3v) is 6.60. The SMILES string of the molecule is O=C(NCc1c(F)cc(F)cc1F)c1cn2c(c(O)c1=O)C(=O)N1[C@@H]3C[C@@H]([C@@H](F)C3)[C@@H]1C2. The quantitative estimate of drug-likeness (QED) is 0.697. The summed E-state index contributed by atoms with van der Waals surface area (Å²) < 4.78 is 56.1. The maximum absolute atomic E-state index is 14.2. The van der Waals surface area contributed by atoms with Crippen molar-refractivity contribution < 1.29 is 32.3 Å². The Morgan fingerprint density at radius 2 is 1.84 bits per heavy atom. The number of fused-ring (bicyclic) bond motifs is 6. The van der Waals surface area contributed by atoms with Crippen LogP contribution < -0.4 is 10.7 Å². The molecule has 1 saturated heterocycles. The van der Waals surface area contributed by atoms with Crippen LogP contribution in [-0.2, 0) is 13.1 Å². The Balaban J connectivity index is 1.45. The van der Waals surface area contributed by atoms with E-state index in [1.54, 1.807) is 0 Å². The first-order valence-electron chi connectivity index (χ1n) is 10.0. The molecule has 4 atom stereocenters. The minimum absolute atomic E-state index is 0.0952. The summed E-state index contributed by atoms with van der Waals surface area (Å²) in [6.07, 6.45) is 0.749. The van der Waals surface area contributed by atoms with E-state index in [2.05, 4.69) is 5.32 Å². The van der Waals surface area contributed by atoms with E-state index in [4.69, 9.17) is 0 Å². The number of hydrogen-bond acceptors (Lipinski definition) is 4. The van der Waals surface area contributed by atoms with E-state index >= 15 is 0 Å². The van der Waals surface area contributed by atoms with Crippen LogP contribution in [0, 0.1) is 23.4 Å². The van der Waals surface area contributed by atoms with Gasteiger partial charge in [-0.3, -0.25) is 14.4 Å². The second-order valence-electron chi connectivity index (χ2n) is 8.34. The smallest absolute Gasteiger partial charge is 0.275 e. The lowest BCUT2D eigenvalue weighted by atomic mass is 9.94. The highest BCUT2D eigenvalue weighted by molar-refractivity contribution is 5.99. The topological polar surface area (TPSA) is 91.6 Å². The minimum atomic E-state index is -1.21. The Hall–Kier alpha value is -3.37. The number of alkyl halides is 1. The highest BCUT2D eigenvalue weighted by atomic mass is 19.1. The first-order chi connectivity index (χ1) is 15.2. The number of nitrogens with zero attached hydrogens (tertiary/aromatic N) is 2. The number of carbonyl (C=O) groups excluding carboxylic acids is 2. The summed E-state index contributed by atoms with van der Waals surface area (Å²) in [5.74, 6) is -6.47. The summed E-state index contributed by atoms with van der Waals surface area (Å²) in [7, 11) is 0. The first-order valence-corrected chi connectivity index (χ1v) is 10.0. The molecule has 11 heteroatoms. The van der Waals surface area contributed by atoms with Gasteiger partial charge in [-0.25, -0.2) is 17.6 Å². The summed E-state index contributed by atoms with van der Waals surface area (Å²) >= 11 is 0. The van der Waals surface area contributed by atoms with Gasteiger partial charge in [-0.1, -0.05) is 0 Å². The number of amides is 2. The molecule has 2 amide bonds. The molecule has 168 valence electrons. The fourth-order valence-corrected chi connectivity index (χ4v) is 5.14. The van der Waals surface area contributed by atoms with Crippen molar-refractivity contribution in [2.75, 3.05) is 0 Å². The number of aromatic nitrogens is 1. The van der Waals surface area contributed by atoms with Gasteiger partial charge >= 0.3 is 0 Å². The van der Waals surface area contributed by atoms with Crippen molar-refractivity contribution in [1.29, 1.82) is 0 Å². The number of benzene rings is 1. The van der Waals surface area contributed by atoms with E-state index in [-0.39, 0.29) is 30.6 Å².